The van der Waals surface area contributed by atoms with Crippen LogP contribution in [0.3, 0.4) is 0 Å². The summed E-state index contributed by atoms with van der Waals surface area (Å²) in [5, 5.41) is 8.49. The topological polar surface area (TPSA) is 110 Å². The molecule has 0 saturated heterocycles. The van der Waals surface area contributed by atoms with Crippen molar-refractivity contribution in [3.63, 3.8) is 0 Å². The zero-order valence-corrected chi connectivity index (χ0v) is 16.0. The molecule has 0 spiro atoms. The molecule has 3 aromatic rings. The number of rotatable bonds is 5. The van der Waals surface area contributed by atoms with Gasteiger partial charge in [-0.1, -0.05) is 35.5 Å². The fourth-order valence-electron chi connectivity index (χ4n) is 2.23. The molecular weight excluding hydrogens is 392 g/mol. The Kier molecular flexibility index (Phi) is 5.82. The first-order valence-corrected chi connectivity index (χ1v) is 9.18. The molecule has 0 atom stereocenters. The highest BCUT2D eigenvalue weighted by atomic mass is 35.5. The predicted molar refractivity (Wildman–Crippen MR) is 99.3 cm³/mol. The minimum Gasteiger partial charge on any atom is -0.466 e. The Morgan fingerprint density at radius 2 is 1.93 bits per heavy atom. The van der Waals surface area contributed by atoms with E-state index in [1.165, 1.54) is 0 Å². The van der Waals surface area contributed by atoms with Crippen LogP contribution in [0.2, 0.25) is 5.02 Å². The van der Waals surface area contributed by atoms with Crippen molar-refractivity contribution in [2.24, 2.45) is 0 Å². The molecule has 0 aliphatic rings. The number of carbonyl (C=O) groups is 2. The first-order valence-electron chi connectivity index (χ1n) is 7.81. The first kappa shape index (κ1) is 19.0. The molecule has 2 amide bonds. The third-order valence-electron chi connectivity index (χ3n) is 3.44. The van der Waals surface area contributed by atoms with Crippen molar-refractivity contribution in [3.8, 4) is 11.5 Å². The van der Waals surface area contributed by atoms with Gasteiger partial charge in [0.15, 0.2) is 0 Å². The summed E-state index contributed by atoms with van der Waals surface area (Å²) in [6, 6.07) is 8.67. The van der Waals surface area contributed by atoms with Crippen molar-refractivity contribution in [2.75, 3.05) is 5.75 Å². The van der Waals surface area contributed by atoms with Gasteiger partial charge >= 0.3 is 0 Å². The van der Waals surface area contributed by atoms with Crippen molar-refractivity contribution < 1.29 is 18.4 Å². The number of nitrogens with one attached hydrogen (secondary N) is 2. The number of benzene rings is 1. The molecule has 1 aromatic carbocycles. The van der Waals surface area contributed by atoms with Crippen molar-refractivity contribution in [3.05, 3.63) is 52.4 Å². The van der Waals surface area contributed by atoms with E-state index in [1.807, 2.05) is 0 Å². The van der Waals surface area contributed by atoms with Gasteiger partial charge in [-0.25, -0.2) is 0 Å². The van der Waals surface area contributed by atoms with E-state index in [2.05, 4.69) is 21.0 Å². The lowest BCUT2D eigenvalue weighted by atomic mass is 10.2. The number of nitrogens with zero attached hydrogens (tertiary/aromatic N) is 2. The molecule has 27 heavy (non-hydrogen) atoms. The summed E-state index contributed by atoms with van der Waals surface area (Å²) in [7, 11) is 0. The van der Waals surface area contributed by atoms with Crippen LogP contribution >= 0.6 is 23.4 Å². The van der Waals surface area contributed by atoms with E-state index >= 15 is 0 Å². The maximum atomic E-state index is 12.0. The van der Waals surface area contributed by atoms with Crippen molar-refractivity contribution >= 4 is 35.2 Å². The zero-order chi connectivity index (χ0) is 19.4. The molecule has 8 nitrogen and oxygen atoms in total. The van der Waals surface area contributed by atoms with Gasteiger partial charge in [-0.05, 0) is 32.0 Å². The molecule has 0 fully saturated rings. The van der Waals surface area contributed by atoms with Crippen LogP contribution in [0.15, 0.2) is 44.4 Å². The predicted octanol–water partition coefficient (Wildman–Crippen LogP) is 3.15. The molecule has 2 N–H and O–H groups in total. The minimum absolute atomic E-state index is 0.0200. The summed E-state index contributed by atoms with van der Waals surface area (Å²) in [6.07, 6.45) is 0. The van der Waals surface area contributed by atoms with Crippen LogP contribution in [0.4, 0.5) is 0 Å². The van der Waals surface area contributed by atoms with Gasteiger partial charge in [0.2, 0.25) is 11.8 Å². The lowest BCUT2D eigenvalue weighted by molar-refractivity contribution is -0.119. The molecule has 2 aromatic heterocycles. The van der Waals surface area contributed by atoms with Crippen LogP contribution in [0.1, 0.15) is 21.9 Å². The smallest absolute Gasteiger partial charge is 0.277 e. The summed E-state index contributed by atoms with van der Waals surface area (Å²) in [5.74, 6) is 0.457. The van der Waals surface area contributed by atoms with E-state index in [9.17, 15) is 9.59 Å². The molecule has 0 radical (unpaired) electrons. The van der Waals surface area contributed by atoms with Crippen LogP contribution in [-0.4, -0.2) is 27.8 Å². The van der Waals surface area contributed by atoms with Crippen molar-refractivity contribution in [2.45, 2.75) is 19.1 Å². The number of hydrogen-bond acceptors (Lipinski definition) is 7. The Hall–Kier alpha value is -2.78. The van der Waals surface area contributed by atoms with Crippen LogP contribution in [0.5, 0.6) is 0 Å². The third kappa shape index (κ3) is 4.69. The minimum atomic E-state index is -0.457. The highest BCUT2D eigenvalue weighted by Gasteiger charge is 2.16. The fraction of sp³-hybridized carbons (Fsp3) is 0.176. The second kappa shape index (κ2) is 8.28. The third-order valence-corrected chi connectivity index (χ3v) is 4.59. The lowest BCUT2D eigenvalue weighted by Gasteiger charge is -2.05. The van der Waals surface area contributed by atoms with Gasteiger partial charge in [0.05, 0.1) is 21.9 Å². The standard InChI is InChI=1S/C17H15ClN4O4S/c1-9-7-12(10(2)25-9)15(24)20-19-14(23)8-27-17-22-21-16(26-17)11-5-3-4-6-13(11)18/h3-7H,8H2,1-2H3,(H,19,23)(H,20,24). The Labute approximate surface area is 163 Å². The van der Waals surface area contributed by atoms with E-state index in [0.29, 0.717) is 27.7 Å². The van der Waals surface area contributed by atoms with Crippen molar-refractivity contribution in [1.82, 2.24) is 21.0 Å². The van der Waals surface area contributed by atoms with Gasteiger partial charge in [0.1, 0.15) is 11.5 Å². The highest BCUT2D eigenvalue weighted by Crippen LogP contribution is 2.28. The average Bonchev–Trinajstić information content (AvgIpc) is 3.24. The SMILES string of the molecule is Cc1cc(C(=O)NNC(=O)CSc2nnc(-c3ccccc3Cl)o2)c(C)o1. The molecule has 140 valence electrons. The highest BCUT2D eigenvalue weighted by molar-refractivity contribution is 7.99. The van der Waals surface area contributed by atoms with E-state index in [4.69, 9.17) is 20.4 Å². The maximum Gasteiger partial charge on any atom is 0.277 e. The largest absolute Gasteiger partial charge is 0.466 e. The summed E-state index contributed by atoms with van der Waals surface area (Å²) >= 11 is 7.12. The Morgan fingerprint density at radius 1 is 1.15 bits per heavy atom. The number of furan rings is 1. The van der Waals surface area contributed by atoms with Crippen LogP contribution in [0, 0.1) is 13.8 Å². The quantitative estimate of drug-likeness (QED) is 0.494. The summed E-state index contributed by atoms with van der Waals surface area (Å²) < 4.78 is 10.8. The van der Waals surface area contributed by atoms with Crippen molar-refractivity contribution in [1.29, 1.82) is 0 Å². The van der Waals surface area contributed by atoms with Gasteiger partial charge in [-0.15, -0.1) is 10.2 Å². The maximum absolute atomic E-state index is 12.0. The second-order valence-corrected chi connectivity index (χ2v) is 6.80. The number of carbonyl (C=O) groups excluding carboxylic acids is 2. The van der Waals surface area contributed by atoms with E-state index < -0.39 is 11.8 Å². The van der Waals surface area contributed by atoms with Gasteiger partial charge in [-0.3, -0.25) is 20.4 Å². The fourth-order valence-corrected chi connectivity index (χ4v) is 3.00. The Balaban J connectivity index is 1.50. The van der Waals surface area contributed by atoms with E-state index in [1.54, 1.807) is 44.2 Å². The second-order valence-electron chi connectivity index (χ2n) is 5.47. The summed E-state index contributed by atoms with van der Waals surface area (Å²) in [6.45, 7) is 3.41. The van der Waals surface area contributed by atoms with Crippen LogP contribution in [-0.2, 0) is 4.79 Å². The number of halogens is 1. The van der Waals surface area contributed by atoms with Gasteiger partial charge in [0.25, 0.3) is 11.1 Å². The van der Waals surface area contributed by atoms with Crippen LogP contribution in [0.25, 0.3) is 11.5 Å². The normalized spacial score (nSPS) is 10.6. The van der Waals surface area contributed by atoms with Gasteiger partial charge in [0, 0.05) is 0 Å². The zero-order valence-electron chi connectivity index (χ0n) is 14.4. The van der Waals surface area contributed by atoms with E-state index in [0.717, 1.165) is 11.8 Å². The summed E-state index contributed by atoms with van der Waals surface area (Å²) in [5.41, 5.74) is 5.63. The van der Waals surface area contributed by atoms with Crippen LogP contribution < -0.4 is 10.9 Å². The molecule has 3 rings (SSSR count). The first-order chi connectivity index (χ1) is 12.9. The number of hydrazine groups is 1. The molecule has 0 bridgehead atoms. The molecule has 0 aliphatic carbocycles. The number of thioether (sulfide) groups is 1. The number of amides is 2. The Bertz CT molecular complexity index is 985. The van der Waals surface area contributed by atoms with Gasteiger partial charge < -0.3 is 8.83 Å². The molecule has 10 heteroatoms. The van der Waals surface area contributed by atoms with E-state index in [-0.39, 0.29) is 16.9 Å². The average molecular weight is 407 g/mol. The number of aryl methyl sites for hydroxylation is 2. The molecular formula is C17H15ClN4O4S. The number of aromatic nitrogens is 2. The summed E-state index contributed by atoms with van der Waals surface area (Å²) in [4.78, 5) is 23.9. The molecule has 0 unspecified atom stereocenters. The molecule has 0 aliphatic heterocycles. The molecule has 2 heterocycles. The monoisotopic (exact) mass is 406 g/mol. The Morgan fingerprint density at radius 3 is 2.63 bits per heavy atom. The lowest BCUT2D eigenvalue weighted by Crippen LogP contribution is -2.42. The number of hydrogen-bond donors (Lipinski definition) is 2. The van der Waals surface area contributed by atoms with Gasteiger partial charge in [-0.2, -0.15) is 0 Å². The molecule has 0 saturated carbocycles.